The molecule has 2 aromatic rings. The molecule has 0 heterocycles. The zero-order valence-corrected chi connectivity index (χ0v) is 21.5. The number of unbranched alkanes of at least 4 members (excludes halogenated alkanes) is 6. The molecule has 0 aliphatic carbocycles. The first-order chi connectivity index (χ1) is 17.1. The lowest BCUT2D eigenvalue weighted by Gasteiger charge is -2.15. The van der Waals surface area contributed by atoms with Gasteiger partial charge in [0.15, 0.2) is 6.61 Å². The van der Waals surface area contributed by atoms with Crippen molar-refractivity contribution in [2.45, 2.75) is 77.7 Å². The number of hydrogen-bond donors (Lipinski definition) is 3. The Morgan fingerprint density at radius 3 is 2.14 bits per heavy atom. The Hall–Kier alpha value is -3.02. The van der Waals surface area contributed by atoms with Crippen molar-refractivity contribution in [3.8, 4) is 5.75 Å². The third-order valence-corrected chi connectivity index (χ3v) is 5.97. The Kier molecular flexibility index (Phi) is 14.0. The highest BCUT2D eigenvalue weighted by atomic mass is 16.5. The van der Waals surface area contributed by atoms with E-state index in [1.807, 2.05) is 49.4 Å². The predicted octanol–water partition coefficient (Wildman–Crippen LogP) is 5.93. The van der Waals surface area contributed by atoms with Gasteiger partial charge in [0.25, 0.3) is 5.91 Å². The minimum absolute atomic E-state index is 0.0246. The van der Waals surface area contributed by atoms with E-state index in [0.29, 0.717) is 13.1 Å². The highest BCUT2D eigenvalue weighted by Gasteiger charge is 2.08. The van der Waals surface area contributed by atoms with Gasteiger partial charge in [-0.2, -0.15) is 0 Å². The number of rotatable bonds is 17. The topological polar surface area (TPSA) is 79.5 Å². The zero-order chi connectivity index (χ0) is 25.1. The third-order valence-electron chi connectivity index (χ3n) is 5.97. The lowest BCUT2D eigenvalue weighted by molar-refractivity contribution is -0.123. The number of benzene rings is 2. The van der Waals surface area contributed by atoms with Crippen LogP contribution in [0.25, 0.3) is 0 Å². The summed E-state index contributed by atoms with van der Waals surface area (Å²) in [6.07, 6.45) is 9.97. The second-order valence-electron chi connectivity index (χ2n) is 9.04. The number of hydrogen-bond acceptors (Lipinski definition) is 3. The number of nitrogens with one attached hydrogen (secondary N) is 3. The van der Waals surface area contributed by atoms with Gasteiger partial charge >= 0.3 is 6.03 Å². The van der Waals surface area contributed by atoms with E-state index in [1.54, 1.807) is 0 Å². The number of ether oxygens (including phenoxy) is 1. The third kappa shape index (κ3) is 12.9. The van der Waals surface area contributed by atoms with Crippen LogP contribution in [0, 0.1) is 0 Å². The first kappa shape index (κ1) is 28.2. The van der Waals surface area contributed by atoms with Gasteiger partial charge in [0.2, 0.25) is 0 Å². The van der Waals surface area contributed by atoms with Crippen LogP contribution in [0.3, 0.4) is 0 Å². The predicted molar refractivity (Wildman–Crippen MR) is 143 cm³/mol. The molecule has 2 aromatic carbocycles. The number of urea groups is 1. The van der Waals surface area contributed by atoms with Gasteiger partial charge in [0.05, 0.1) is 6.04 Å². The molecule has 0 spiro atoms. The summed E-state index contributed by atoms with van der Waals surface area (Å²) in [7, 11) is 0. The Balaban J connectivity index is 1.44. The van der Waals surface area contributed by atoms with Crippen LogP contribution in [0.4, 0.5) is 4.79 Å². The molecule has 0 fully saturated rings. The monoisotopic (exact) mass is 481 g/mol. The van der Waals surface area contributed by atoms with E-state index < -0.39 is 0 Å². The van der Waals surface area contributed by atoms with Crippen LogP contribution >= 0.6 is 0 Å². The normalized spacial score (nSPS) is 11.5. The van der Waals surface area contributed by atoms with Crippen molar-refractivity contribution in [1.82, 2.24) is 16.0 Å². The molecule has 0 aliphatic rings. The van der Waals surface area contributed by atoms with Crippen LogP contribution < -0.4 is 20.7 Å². The molecule has 0 saturated heterocycles. The van der Waals surface area contributed by atoms with Crippen molar-refractivity contribution in [3.05, 3.63) is 65.7 Å². The maximum Gasteiger partial charge on any atom is 0.315 e. The molecular formula is C29H43N3O3. The van der Waals surface area contributed by atoms with Gasteiger partial charge in [-0.25, -0.2) is 4.79 Å². The standard InChI is InChI=1S/C29H43N3O3/c1-3-4-5-9-14-25-17-19-27(20-18-25)35-23-28(33)30-21-12-6-7-13-22-31-29(34)32-24(2)26-15-10-8-11-16-26/h8,10-11,15-20,24H,3-7,9,12-14,21-23H2,1-2H3,(H,30,33)(H2,31,32,34)/t24-/m0/s1. The number of carbonyl (C=O) groups excluding carboxylic acids is 2. The van der Waals surface area contributed by atoms with Crippen LogP contribution in [-0.4, -0.2) is 31.6 Å². The highest BCUT2D eigenvalue weighted by Crippen LogP contribution is 2.14. The van der Waals surface area contributed by atoms with Gasteiger partial charge in [-0.05, 0) is 55.9 Å². The average Bonchev–Trinajstić information content (AvgIpc) is 2.88. The summed E-state index contributed by atoms with van der Waals surface area (Å²) in [6.45, 7) is 5.52. The summed E-state index contributed by atoms with van der Waals surface area (Å²) in [6, 6.07) is 17.8. The summed E-state index contributed by atoms with van der Waals surface area (Å²) in [5.74, 6) is 0.631. The zero-order valence-electron chi connectivity index (χ0n) is 21.5. The fourth-order valence-corrected chi connectivity index (χ4v) is 3.81. The van der Waals surface area contributed by atoms with Gasteiger partial charge in [-0.15, -0.1) is 0 Å². The maximum atomic E-state index is 12.0. The molecule has 192 valence electrons. The molecule has 35 heavy (non-hydrogen) atoms. The average molecular weight is 482 g/mol. The maximum absolute atomic E-state index is 12.0. The second kappa shape index (κ2) is 17.4. The van der Waals surface area contributed by atoms with Crippen LogP contribution in [-0.2, 0) is 11.2 Å². The van der Waals surface area contributed by atoms with Gasteiger partial charge in [-0.3, -0.25) is 4.79 Å². The van der Waals surface area contributed by atoms with Crippen molar-refractivity contribution in [3.63, 3.8) is 0 Å². The summed E-state index contributed by atoms with van der Waals surface area (Å²) in [5, 5.41) is 8.76. The van der Waals surface area contributed by atoms with E-state index in [4.69, 9.17) is 4.74 Å². The molecule has 3 amide bonds. The molecule has 6 nitrogen and oxygen atoms in total. The lowest BCUT2D eigenvalue weighted by atomic mass is 10.1. The molecule has 3 N–H and O–H groups in total. The van der Waals surface area contributed by atoms with E-state index >= 15 is 0 Å². The van der Waals surface area contributed by atoms with E-state index in [-0.39, 0.29) is 24.6 Å². The van der Waals surface area contributed by atoms with E-state index in [9.17, 15) is 9.59 Å². The van der Waals surface area contributed by atoms with Crippen LogP contribution in [0.15, 0.2) is 54.6 Å². The van der Waals surface area contributed by atoms with Crippen molar-refractivity contribution in [2.24, 2.45) is 0 Å². The Bertz CT molecular complexity index is 840. The number of carbonyl (C=O) groups is 2. The summed E-state index contributed by atoms with van der Waals surface area (Å²) in [5.41, 5.74) is 2.40. The van der Waals surface area contributed by atoms with E-state index in [1.165, 1.54) is 31.2 Å². The summed E-state index contributed by atoms with van der Waals surface area (Å²) < 4.78 is 5.60. The minimum Gasteiger partial charge on any atom is -0.484 e. The number of aryl methyl sites for hydroxylation is 1. The van der Waals surface area contributed by atoms with Crippen molar-refractivity contribution < 1.29 is 14.3 Å². The summed E-state index contributed by atoms with van der Waals surface area (Å²) in [4.78, 5) is 24.0. The second-order valence-corrected chi connectivity index (χ2v) is 9.04. The molecule has 0 bridgehead atoms. The molecule has 2 rings (SSSR count). The smallest absolute Gasteiger partial charge is 0.315 e. The van der Waals surface area contributed by atoms with Crippen LogP contribution in [0.1, 0.15) is 82.4 Å². The molecule has 0 saturated carbocycles. The molecule has 0 aliphatic heterocycles. The van der Waals surface area contributed by atoms with Crippen LogP contribution in [0.2, 0.25) is 0 Å². The fourth-order valence-electron chi connectivity index (χ4n) is 3.81. The Morgan fingerprint density at radius 2 is 1.46 bits per heavy atom. The Labute approximate surface area is 211 Å². The first-order valence-corrected chi connectivity index (χ1v) is 13.2. The summed E-state index contributed by atoms with van der Waals surface area (Å²) >= 11 is 0. The lowest BCUT2D eigenvalue weighted by Crippen LogP contribution is -2.37. The molecular weight excluding hydrogens is 438 g/mol. The minimum atomic E-state index is -0.143. The molecule has 0 radical (unpaired) electrons. The molecule has 0 unspecified atom stereocenters. The highest BCUT2D eigenvalue weighted by molar-refractivity contribution is 5.77. The Morgan fingerprint density at radius 1 is 0.800 bits per heavy atom. The van der Waals surface area contributed by atoms with Gasteiger partial charge in [0, 0.05) is 13.1 Å². The molecule has 0 aromatic heterocycles. The SMILES string of the molecule is CCCCCCc1ccc(OCC(=O)NCCCCCCNC(=O)N[C@@H](C)c2ccccc2)cc1. The van der Waals surface area contributed by atoms with Crippen molar-refractivity contribution in [2.75, 3.05) is 19.7 Å². The van der Waals surface area contributed by atoms with Gasteiger partial charge in [0.1, 0.15) is 5.75 Å². The first-order valence-electron chi connectivity index (χ1n) is 13.2. The van der Waals surface area contributed by atoms with Crippen LogP contribution in [0.5, 0.6) is 5.75 Å². The molecule has 6 heteroatoms. The van der Waals surface area contributed by atoms with Gasteiger partial charge in [-0.1, -0.05) is 81.5 Å². The largest absolute Gasteiger partial charge is 0.484 e. The quantitative estimate of drug-likeness (QED) is 0.245. The van der Waals surface area contributed by atoms with E-state index in [2.05, 4.69) is 35.0 Å². The number of amides is 3. The van der Waals surface area contributed by atoms with Crippen molar-refractivity contribution >= 4 is 11.9 Å². The fraction of sp³-hybridized carbons (Fsp3) is 0.517. The van der Waals surface area contributed by atoms with Gasteiger partial charge < -0.3 is 20.7 Å². The van der Waals surface area contributed by atoms with Crippen molar-refractivity contribution in [1.29, 1.82) is 0 Å². The van der Waals surface area contributed by atoms with E-state index in [0.717, 1.165) is 43.4 Å². The molecule has 1 atom stereocenters.